The third-order valence-electron chi connectivity index (χ3n) is 2.87. The summed E-state index contributed by atoms with van der Waals surface area (Å²) in [7, 11) is 0. The number of carboxylic acids is 1. The van der Waals surface area contributed by atoms with Crippen molar-refractivity contribution in [2.24, 2.45) is 5.73 Å². The third kappa shape index (κ3) is 3.72. The van der Waals surface area contributed by atoms with E-state index in [2.05, 4.69) is 0 Å². The van der Waals surface area contributed by atoms with Gasteiger partial charge in [-0.2, -0.15) is 0 Å². The first kappa shape index (κ1) is 14.0. The summed E-state index contributed by atoms with van der Waals surface area (Å²) >= 11 is 6.02. The van der Waals surface area contributed by atoms with Crippen molar-refractivity contribution >= 4 is 17.6 Å². The Morgan fingerprint density at radius 1 is 1.47 bits per heavy atom. The van der Waals surface area contributed by atoms with Gasteiger partial charge in [-0.05, 0) is 18.1 Å². The molecule has 0 unspecified atom stereocenters. The number of carboxylic acid groups (broad SMARTS) is 1. The number of hydrogen-bond donors (Lipinski definition) is 2. The molecule has 0 aliphatic carbocycles. The number of halogens is 1. The normalized spacial score (nSPS) is 14.3. The molecule has 3 N–H and O–H groups in total. The lowest BCUT2D eigenvalue weighted by molar-refractivity contribution is -0.143. The van der Waals surface area contributed by atoms with Crippen LogP contribution in [0.3, 0.4) is 0 Å². The van der Waals surface area contributed by atoms with Crippen molar-refractivity contribution < 1.29 is 9.90 Å². The Morgan fingerprint density at radius 2 is 2.12 bits per heavy atom. The molecule has 94 valence electrons. The SMILES string of the molecule is CCCC[C@@](N)(Cc1ccccc1Cl)C(=O)O. The zero-order valence-electron chi connectivity index (χ0n) is 9.95. The van der Waals surface area contributed by atoms with Crippen LogP contribution in [0, 0.1) is 0 Å². The lowest BCUT2D eigenvalue weighted by Crippen LogP contribution is -2.49. The van der Waals surface area contributed by atoms with Crippen molar-refractivity contribution in [3.63, 3.8) is 0 Å². The Labute approximate surface area is 107 Å². The van der Waals surface area contributed by atoms with Crippen LogP contribution in [0.2, 0.25) is 5.02 Å². The summed E-state index contributed by atoms with van der Waals surface area (Å²) < 4.78 is 0. The molecule has 3 nitrogen and oxygen atoms in total. The summed E-state index contributed by atoms with van der Waals surface area (Å²) in [4.78, 5) is 11.3. The molecule has 1 rings (SSSR count). The smallest absolute Gasteiger partial charge is 0.324 e. The molecule has 0 amide bonds. The zero-order chi connectivity index (χ0) is 12.9. The van der Waals surface area contributed by atoms with E-state index in [9.17, 15) is 9.90 Å². The summed E-state index contributed by atoms with van der Waals surface area (Å²) in [5.74, 6) is -0.967. The largest absolute Gasteiger partial charge is 0.480 e. The van der Waals surface area contributed by atoms with Crippen LogP contribution in [-0.2, 0) is 11.2 Å². The minimum Gasteiger partial charge on any atom is -0.480 e. The fourth-order valence-corrected chi connectivity index (χ4v) is 1.95. The molecule has 1 aromatic carbocycles. The van der Waals surface area contributed by atoms with E-state index >= 15 is 0 Å². The molecule has 0 aliphatic rings. The maximum absolute atomic E-state index is 11.3. The highest BCUT2D eigenvalue weighted by Crippen LogP contribution is 2.23. The van der Waals surface area contributed by atoms with Gasteiger partial charge in [-0.1, -0.05) is 49.6 Å². The van der Waals surface area contributed by atoms with Crippen LogP contribution < -0.4 is 5.73 Å². The maximum Gasteiger partial charge on any atom is 0.324 e. The average Bonchev–Trinajstić information content (AvgIpc) is 2.29. The second-order valence-electron chi connectivity index (χ2n) is 4.33. The molecule has 0 bridgehead atoms. The number of rotatable bonds is 6. The Morgan fingerprint density at radius 3 is 2.65 bits per heavy atom. The van der Waals surface area contributed by atoms with Crippen LogP contribution >= 0.6 is 11.6 Å². The Balaban J connectivity index is 2.87. The maximum atomic E-state index is 11.3. The summed E-state index contributed by atoms with van der Waals surface area (Å²) in [6.45, 7) is 2.01. The predicted octanol–water partition coefficient (Wildman–Crippen LogP) is 2.85. The Kier molecular flexibility index (Phi) is 4.97. The number of unbranched alkanes of at least 4 members (excludes halogenated alkanes) is 1. The highest BCUT2D eigenvalue weighted by Gasteiger charge is 2.33. The highest BCUT2D eigenvalue weighted by molar-refractivity contribution is 6.31. The number of nitrogens with two attached hydrogens (primary N) is 1. The zero-order valence-corrected chi connectivity index (χ0v) is 10.7. The van der Waals surface area contributed by atoms with E-state index in [1.807, 2.05) is 25.1 Å². The molecule has 0 saturated carbocycles. The minimum atomic E-state index is -1.22. The summed E-state index contributed by atoms with van der Waals surface area (Å²) in [6, 6.07) is 7.22. The number of carbonyl (C=O) groups is 1. The first-order valence-corrected chi connectivity index (χ1v) is 6.13. The highest BCUT2D eigenvalue weighted by atomic mass is 35.5. The van der Waals surface area contributed by atoms with Crippen molar-refractivity contribution in [2.45, 2.75) is 38.1 Å². The van der Waals surface area contributed by atoms with Crippen LogP contribution in [0.4, 0.5) is 0 Å². The second-order valence-corrected chi connectivity index (χ2v) is 4.74. The molecule has 0 saturated heterocycles. The Hall–Kier alpha value is -1.06. The van der Waals surface area contributed by atoms with E-state index in [0.717, 1.165) is 18.4 Å². The van der Waals surface area contributed by atoms with Crippen LogP contribution in [0.15, 0.2) is 24.3 Å². The van der Waals surface area contributed by atoms with E-state index in [-0.39, 0.29) is 6.42 Å². The van der Waals surface area contributed by atoms with Gasteiger partial charge in [0.1, 0.15) is 5.54 Å². The Bertz CT molecular complexity index is 395. The van der Waals surface area contributed by atoms with Crippen molar-refractivity contribution in [3.05, 3.63) is 34.9 Å². The van der Waals surface area contributed by atoms with E-state index in [1.165, 1.54) is 0 Å². The fraction of sp³-hybridized carbons (Fsp3) is 0.462. The monoisotopic (exact) mass is 255 g/mol. The molecule has 0 aromatic heterocycles. The van der Waals surface area contributed by atoms with Gasteiger partial charge in [0.2, 0.25) is 0 Å². The first-order valence-electron chi connectivity index (χ1n) is 5.75. The molecule has 1 atom stereocenters. The average molecular weight is 256 g/mol. The van der Waals surface area contributed by atoms with Crippen molar-refractivity contribution in [1.82, 2.24) is 0 Å². The molecule has 1 aromatic rings. The van der Waals surface area contributed by atoms with E-state index in [0.29, 0.717) is 11.4 Å². The van der Waals surface area contributed by atoms with Gasteiger partial charge in [0.25, 0.3) is 0 Å². The molecule has 0 spiro atoms. The first-order chi connectivity index (χ1) is 7.99. The van der Waals surface area contributed by atoms with Gasteiger partial charge in [0.05, 0.1) is 0 Å². The molecule has 0 fully saturated rings. The topological polar surface area (TPSA) is 63.3 Å². The van der Waals surface area contributed by atoms with E-state index < -0.39 is 11.5 Å². The van der Waals surface area contributed by atoms with Gasteiger partial charge in [-0.15, -0.1) is 0 Å². The lowest BCUT2D eigenvalue weighted by atomic mass is 9.87. The standard InChI is InChI=1S/C13H18ClNO2/c1-2-3-8-13(15,12(16)17)9-10-6-4-5-7-11(10)14/h4-7H,2-3,8-9,15H2,1H3,(H,16,17)/t13-/m1/s1. The predicted molar refractivity (Wildman–Crippen MR) is 69.2 cm³/mol. The quantitative estimate of drug-likeness (QED) is 0.822. The van der Waals surface area contributed by atoms with Crippen molar-refractivity contribution in [2.75, 3.05) is 0 Å². The second kappa shape index (κ2) is 6.03. The number of aliphatic carboxylic acids is 1. The van der Waals surface area contributed by atoms with Gasteiger partial charge in [0.15, 0.2) is 0 Å². The molecular formula is C13H18ClNO2. The molecule has 17 heavy (non-hydrogen) atoms. The molecule has 0 radical (unpaired) electrons. The van der Waals surface area contributed by atoms with Crippen molar-refractivity contribution in [1.29, 1.82) is 0 Å². The molecule has 0 heterocycles. The third-order valence-corrected chi connectivity index (χ3v) is 3.23. The lowest BCUT2D eigenvalue weighted by Gasteiger charge is -2.25. The van der Waals surface area contributed by atoms with Gasteiger partial charge in [-0.3, -0.25) is 4.79 Å². The van der Waals surface area contributed by atoms with Crippen LogP contribution in [0.5, 0.6) is 0 Å². The van der Waals surface area contributed by atoms with E-state index in [1.54, 1.807) is 6.07 Å². The molecule has 0 aliphatic heterocycles. The van der Waals surface area contributed by atoms with Gasteiger partial charge >= 0.3 is 5.97 Å². The van der Waals surface area contributed by atoms with Gasteiger partial charge < -0.3 is 10.8 Å². The minimum absolute atomic E-state index is 0.266. The summed E-state index contributed by atoms with van der Waals surface area (Å²) in [6.07, 6.45) is 2.45. The fourth-order valence-electron chi connectivity index (χ4n) is 1.74. The molecular weight excluding hydrogens is 238 g/mol. The summed E-state index contributed by atoms with van der Waals surface area (Å²) in [5.41, 5.74) is 5.54. The van der Waals surface area contributed by atoms with Crippen LogP contribution in [0.25, 0.3) is 0 Å². The van der Waals surface area contributed by atoms with Gasteiger partial charge in [-0.25, -0.2) is 0 Å². The van der Waals surface area contributed by atoms with Crippen LogP contribution in [-0.4, -0.2) is 16.6 Å². The molecule has 4 heteroatoms. The summed E-state index contributed by atoms with van der Waals surface area (Å²) in [5, 5.41) is 9.81. The van der Waals surface area contributed by atoms with Crippen molar-refractivity contribution in [3.8, 4) is 0 Å². The van der Waals surface area contributed by atoms with Crippen LogP contribution in [0.1, 0.15) is 31.7 Å². The van der Waals surface area contributed by atoms with E-state index in [4.69, 9.17) is 17.3 Å². The number of hydrogen-bond acceptors (Lipinski definition) is 2. The van der Waals surface area contributed by atoms with Gasteiger partial charge in [0, 0.05) is 11.4 Å². The number of benzene rings is 1.